The van der Waals surface area contributed by atoms with Crippen LogP contribution in [-0.4, -0.2) is 19.8 Å². The Labute approximate surface area is 189 Å². The first-order valence-electron chi connectivity index (χ1n) is 9.75. The van der Waals surface area contributed by atoms with E-state index in [9.17, 15) is 4.79 Å². The standard InChI is InChI=1S/C25H20O6S/c1-27-24-22(29-14-16-6-4-3-5-7-16)13-21-23(25(24)28-2)19(26)12-20(31-21)17-8-10-18(11-9-17)30-15-32/h3-13,15H,14H2,1-2H3. The van der Waals surface area contributed by atoms with Gasteiger partial charge in [-0.05, 0) is 42.0 Å². The molecule has 0 bridgehead atoms. The molecule has 6 nitrogen and oxygen atoms in total. The van der Waals surface area contributed by atoms with E-state index in [0.29, 0.717) is 40.8 Å². The normalized spacial score (nSPS) is 10.6. The van der Waals surface area contributed by atoms with E-state index in [2.05, 4.69) is 0 Å². The van der Waals surface area contributed by atoms with Gasteiger partial charge in [-0.25, -0.2) is 0 Å². The molecule has 4 aromatic rings. The predicted octanol–water partition coefficient (Wildman–Crippen LogP) is 5.39. The maximum Gasteiger partial charge on any atom is 0.204 e. The van der Waals surface area contributed by atoms with Crippen molar-refractivity contribution in [1.82, 2.24) is 0 Å². The number of benzene rings is 3. The van der Waals surface area contributed by atoms with Gasteiger partial charge < -0.3 is 23.4 Å². The van der Waals surface area contributed by atoms with Gasteiger partial charge in [0.2, 0.25) is 5.75 Å². The Balaban J connectivity index is 1.80. The first-order valence-corrected chi connectivity index (χ1v) is 10.2. The van der Waals surface area contributed by atoms with Crippen LogP contribution in [0.15, 0.2) is 75.9 Å². The summed E-state index contributed by atoms with van der Waals surface area (Å²) in [6, 6.07) is 19.8. The third kappa shape index (κ3) is 4.29. The number of fused-ring (bicyclic) bond motifs is 1. The van der Waals surface area contributed by atoms with Gasteiger partial charge in [-0.2, -0.15) is 0 Å². The molecule has 0 aliphatic carbocycles. The Morgan fingerprint density at radius 2 is 1.66 bits per heavy atom. The van der Waals surface area contributed by atoms with E-state index in [1.165, 1.54) is 25.8 Å². The van der Waals surface area contributed by atoms with Gasteiger partial charge in [-0.3, -0.25) is 4.79 Å². The molecule has 0 amide bonds. The lowest BCUT2D eigenvalue weighted by Crippen LogP contribution is -2.06. The first kappa shape index (κ1) is 21.4. The first-order chi connectivity index (χ1) is 15.6. The molecule has 0 aliphatic rings. The zero-order valence-electron chi connectivity index (χ0n) is 17.5. The lowest BCUT2D eigenvalue weighted by Gasteiger charge is -2.16. The lowest BCUT2D eigenvalue weighted by molar-refractivity contribution is 0.276. The topological polar surface area (TPSA) is 67.1 Å². The van der Waals surface area contributed by atoms with E-state index in [4.69, 9.17) is 35.6 Å². The molecule has 1 heterocycles. The number of hydrogen-bond donors (Lipinski definition) is 0. The summed E-state index contributed by atoms with van der Waals surface area (Å²) in [6.45, 7) is 0.317. The van der Waals surface area contributed by atoms with Crippen molar-refractivity contribution in [3.8, 4) is 34.3 Å². The summed E-state index contributed by atoms with van der Waals surface area (Å²) in [5.41, 5.74) is 2.95. The molecule has 0 saturated heterocycles. The van der Waals surface area contributed by atoms with Crippen molar-refractivity contribution in [3.63, 3.8) is 0 Å². The molecule has 0 unspecified atom stereocenters. The number of hydrogen-bond acceptors (Lipinski definition) is 7. The smallest absolute Gasteiger partial charge is 0.204 e. The highest BCUT2D eigenvalue weighted by atomic mass is 32.1. The van der Waals surface area contributed by atoms with Crippen LogP contribution in [0.4, 0.5) is 0 Å². The maximum absolute atomic E-state index is 13.0. The van der Waals surface area contributed by atoms with Crippen molar-refractivity contribution in [1.29, 1.82) is 0 Å². The molecule has 162 valence electrons. The highest BCUT2D eigenvalue weighted by molar-refractivity contribution is 7.78. The summed E-state index contributed by atoms with van der Waals surface area (Å²) in [6.07, 6.45) is 0. The molecule has 4 rings (SSSR count). The molecule has 0 aliphatic heterocycles. The van der Waals surface area contributed by atoms with Crippen LogP contribution >= 0.6 is 12.2 Å². The van der Waals surface area contributed by atoms with Gasteiger partial charge in [-0.15, -0.1) is 0 Å². The average molecular weight is 448 g/mol. The Morgan fingerprint density at radius 1 is 0.938 bits per heavy atom. The summed E-state index contributed by atoms with van der Waals surface area (Å²) in [5.74, 6) is 1.99. The molecule has 0 N–H and O–H groups in total. The van der Waals surface area contributed by atoms with Gasteiger partial charge in [0.15, 0.2) is 22.5 Å². The SMILES string of the molecule is COc1c(OCc2ccccc2)cc2oc(-c3ccc(OC=S)cc3)cc(=O)c2c1OC. The largest absolute Gasteiger partial charge is 0.492 e. The molecule has 1 aromatic heterocycles. The maximum atomic E-state index is 13.0. The predicted molar refractivity (Wildman–Crippen MR) is 126 cm³/mol. The van der Waals surface area contributed by atoms with Gasteiger partial charge in [0.1, 0.15) is 29.1 Å². The van der Waals surface area contributed by atoms with E-state index in [1.54, 1.807) is 30.3 Å². The Bertz CT molecular complexity index is 1300. The molecule has 0 atom stereocenters. The van der Waals surface area contributed by atoms with Crippen molar-refractivity contribution >= 4 is 28.7 Å². The summed E-state index contributed by atoms with van der Waals surface area (Å²) in [5, 5.41) is 0.279. The van der Waals surface area contributed by atoms with Crippen molar-refractivity contribution in [2.45, 2.75) is 6.61 Å². The number of methoxy groups -OCH3 is 2. The third-order valence-corrected chi connectivity index (χ3v) is 4.96. The average Bonchev–Trinajstić information content (AvgIpc) is 2.83. The molecule has 0 saturated carbocycles. The van der Waals surface area contributed by atoms with E-state index >= 15 is 0 Å². The summed E-state index contributed by atoms with van der Waals surface area (Å²) in [4.78, 5) is 13.0. The highest BCUT2D eigenvalue weighted by Crippen LogP contribution is 2.43. The van der Waals surface area contributed by atoms with Crippen LogP contribution in [-0.2, 0) is 6.61 Å². The zero-order valence-corrected chi connectivity index (χ0v) is 18.3. The van der Waals surface area contributed by atoms with E-state index in [0.717, 1.165) is 5.56 Å². The molecule has 7 heteroatoms. The lowest BCUT2D eigenvalue weighted by atomic mass is 10.1. The van der Waals surface area contributed by atoms with E-state index < -0.39 is 0 Å². The van der Waals surface area contributed by atoms with Crippen LogP contribution in [0.2, 0.25) is 0 Å². The molecule has 0 spiro atoms. The number of thiocarbonyl (C=S) groups is 1. The Kier molecular flexibility index (Phi) is 6.37. The summed E-state index contributed by atoms with van der Waals surface area (Å²) in [7, 11) is 2.97. The van der Waals surface area contributed by atoms with Crippen molar-refractivity contribution < 1.29 is 23.4 Å². The summed E-state index contributed by atoms with van der Waals surface area (Å²) < 4.78 is 28.3. The van der Waals surface area contributed by atoms with Crippen LogP contribution in [0.1, 0.15) is 5.56 Å². The second kappa shape index (κ2) is 9.53. The number of ether oxygens (including phenoxy) is 4. The minimum absolute atomic E-state index is 0.259. The monoisotopic (exact) mass is 448 g/mol. The van der Waals surface area contributed by atoms with Crippen molar-refractivity contribution in [3.05, 3.63) is 82.5 Å². The molecule has 32 heavy (non-hydrogen) atoms. The third-order valence-electron chi connectivity index (χ3n) is 4.86. The fourth-order valence-corrected chi connectivity index (χ4v) is 3.48. The quantitative estimate of drug-likeness (QED) is 0.335. The van der Waals surface area contributed by atoms with Crippen LogP contribution in [0.5, 0.6) is 23.0 Å². The van der Waals surface area contributed by atoms with Crippen molar-refractivity contribution in [2.24, 2.45) is 0 Å². The molecule has 0 fully saturated rings. The molecule has 0 radical (unpaired) electrons. The Morgan fingerprint density at radius 3 is 2.31 bits per heavy atom. The minimum Gasteiger partial charge on any atom is -0.492 e. The van der Waals surface area contributed by atoms with Gasteiger partial charge in [0.25, 0.3) is 0 Å². The number of rotatable bonds is 8. The second-order valence-electron chi connectivity index (χ2n) is 6.80. The zero-order chi connectivity index (χ0) is 22.5. The van der Waals surface area contributed by atoms with Gasteiger partial charge in [0, 0.05) is 17.7 Å². The van der Waals surface area contributed by atoms with Gasteiger partial charge in [-0.1, -0.05) is 30.3 Å². The highest BCUT2D eigenvalue weighted by Gasteiger charge is 2.21. The van der Waals surface area contributed by atoms with Gasteiger partial charge in [0.05, 0.1) is 14.2 Å². The van der Waals surface area contributed by atoms with Crippen LogP contribution in [0.3, 0.4) is 0 Å². The molecule has 3 aromatic carbocycles. The van der Waals surface area contributed by atoms with Gasteiger partial charge >= 0.3 is 0 Å². The molecular formula is C25H20O6S. The van der Waals surface area contributed by atoms with Crippen LogP contribution in [0.25, 0.3) is 22.3 Å². The fourth-order valence-electron chi connectivity index (χ4n) is 3.37. The molecular weight excluding hydrogens is 428 g/mol. The minimum atomic E-state index is -0.259. The second-order valence-corrected chi connectivity index (χ2v) is 6.99. The summed E-state index contributed by atoms with van der Waals surface area (Å²) >= 11 is 4.70. The van der Waals surface area contributed by atoms with Crippen LogP contribution < -0.4 is 24.4 Å². The Hall–Kier alpha value is -3.84. The fraction of sp³-hybridized carbons (Fsp3) is 0.120. The van der Waals surface area contributed by atoms with Crippen molar-refractivity contribution in [2.75, 3.05) is 14.2 Å². The van der Waals surface area contributed by atoms with E-state index in [-0.39, 0.29) is 16.6 Å². The van der Waals surface area contributed by atoms with E-state index in [1.807, 2.05) is 30.3 Å². The van der Waals surface area contributed by atoms with Crippen LogP contribution in [0, 0.1) is 0 Å².